The third kappa shape index (κ3) is 3.43. The Morgan fingerprint density at radius 3 is 3.31 bits per heavy atom. The van der Waals surface area contributed by atoms with Crippen molar-refractivity contribution in [3.05, 3.63) is 18.0 Å². The van der Waals surface area contributed by atoms with Gasteiger partial charge in [-0.15, -0.1) is 0 Å². The van der Waals surface area contributed by atoms with Crippen LogP contribution in [0.25, 0.3) is 0 Å². The van der Waals surface area contributed by atoms with Crippen molar-refractivity contribution >= 4 is 5.95 Å². The number of hydrogen-bond acceptors (Lipinski definition) is 5. The van der Waals surface area contributed by atoms with Gasteiger partial charge in [0, 0.05) is 31.0 Å². The van der Waals surface area contributed by atoms with Crippen molar-refractivity contribution in [2.45, 2.75) is 19.4 Å². The molecule has 0 radical (unpaired) electrons. The molecule has 1 aliphatic rings. The maximum atomic E-state index is 5.38. The average Bonchev–Trinajstić information content (AvgIpc) is 2.30. The van der Waals surface area contributed by atoms with Crippen LogP contribution in [0, 0.1) is 6.92 Å². The first-order valence-corrected chi connectivity index (χ1v) is 5.69. The van der Waals surface area contributed by atoms with Gasteiger partial charge in [0.05, 0.1) is 13.2 Å². The molecule has 0 saturated carbocycles. The Labute approximate surface area is 95.6 Å². The number of hydrogen-bond donors (Lipinski definition) is 2. The molecule has 0 spiro atoms. The fraction of sp³-hybridized carbons (Fsp3) is 0.636. The van der Waals surface area contributed by atoms with E-state index >= 15 is 0 Å². The molecule has 1 unspecified atom stereocenters. The first-order chi connectivity index (χ1) is 7.84. The van der Waals surface area contributed by atoms with E-state index in [0.29, 0.717) is 12.0 Å². The topological polar surface area (TPSA) is 59.1 Å². The van der Waals surface area contributed by atoms with Gasteiger partial charge in [-0.3, -0.25) is 0 Å². The molecule has 16 heavy (non-hydrogen) atoms. The van der Waals surface area contributed by atoms with Crippen LogP contribution < -0.4 is 10.6 Å². The zero-order valence-corrected chi connectivity index (χ0v) is 9.57. The van der Waals surface area contributed by atoms with Crippen molar-refractivity contribution in [2.75, 3.05) is 31.6 Å². The lowest BCUT2D eigenvalue weighted by molar-refractivity contribution is 0.0753. The third-order valence-electron chi connectivity index (χ3n) is 2.57. The lowest BCUT2D eigenvalue weighted by atomic mass is 10.2. The number of nitrogens with one attached hydrogen (secondary N) is 2. The minimum atomic E-state index is 0.450. The molecule has 5 nitrogen and oxygen atoms in total. The quantitative estimate of drug-likeness (QED) is 0.780. The third-order valence-corrected chi connectivity index (χ3v) is 2.57. The van der Waals surface area contributed by atoms with Crippen LogP contribution in [-0.2, 0) is 4.74 Å². The number of anilines is 1. The van der Waals surface area contributed by atoms with E-state index in [9.17, 15) is 0 Å². The summed E-state index contributed by atoms with van der Waals surface area (Å²) in [7, 11) is 0. The van der Waals surface area contributed by atoms with Gasteiger partial charge in [0.2, 0.25) is 5.95 Å². The maximum Gasteiger partial charge on any atom is 0.222 e. The Morgan fingerprint density at radius 2 is 2.56 bits per heavy atom. The van der Waals surface area contributed by atoms with Gasteiger partial charge in [0.1, 0.15) is 0 Å². The van der Waals surface area contributed by atoms with Crippen molar-refractivity contribution in [2.24, 2.45) is 0 Å². The van der Waals surface area contributed by atoms with Crippen LogP contribution >= 0.6 is 0 Å². The van der Waals surface area contributed by atoms with E-state index in [1.807, 2.05) is 13.0 Å². The molecular formula is C11H18N4O. The standard InChI is InChI=1S/C11H18N4O/c1-9-2-4-13-11(15-9)14-5-3-10-8-16-7-6-12-10/h2,4,10,12H,3,5-8H2,1H3,(H,13,14,15). The number of nitrogens with zero attached hydrogens (tertiary/aromatic N) is 2. The molecule has 0 aliphatic carbocycles. The Balaban J connectivity index is 1.71. The summed E-state index contributed by atoms with van der Waals surface area (Å²) in [6, 6.07) is 2.34. The summed E-state index contributed by atoms with van der Waals surface area (Å²) in [5.74, 6) is 0.705. The molecule has 2 rings (SSSR count). The van der Waals surface area contributed by atoms with Crippen molar-refractivity contribution in [1.29, 1.82) is 0 Å². The predicted molar refractivity (Wildman–Crippen MR) is 62.5 cm³/mol. The lowest BCUT2D eigenvalue weighted by Crippen LogP contribution is -2.42. The molecule has 5 heteroatoms. The molecule has 0 aromatic carbocycles. The molecule has 2 heterocycles. The van der Waals surface area contributed by atoms with Crippen LogP contribution in [0.2, 0.25) is 0 Å². The summed E-state index contributed by atoms with van der Waals surface area (Å²) < 4.78 is 5.38. The summed E-state index contributed by atoms with van der Waals surface area (Å²) in [5.41, 5.74) is 0.983. The maximum absolute atomic E-state index is 5.38. The van der Waals surface area contributed by atoms with Gasteiger partial charge >= 0.3 is 0 Å². The fourth-order valence-electron chi connectivity index (χ4n) is 1.70. The minimum absolute atomic E-state index is 0.450. The summed E-state index contributed by atoms with van der Waals surface area (Å²) in [4.78, 5) is 8.43. The zero-order valence-electron chi connectivity index (χ0n) is 9.57. The molecular weight excluding hydrogens is 204 g/mol. The Bertz CT molecular complexity index is 326. The van der Waals surface area contributed by atoms with Crippen LogP contribution in [-0.4, -0.2) is 42.3 Å². The van der Waals surface area contributed by atoms with E-state index in [1.54, 1.807) is 6.20 Å². The lowest BCUT2D eigenvalue weighted by Gasteiger charge is -2.23. The second kappa shape index (κ2) is 5.77. The van der Waals surface area contributed by atoms with Gasteiger partial charge in [-0.2, -0.15) is 0 Å². The van der Waals surface area contributed by atoms with Crippen LogP contribution in [0.1, 0.15) is 12.1 Å². The van der Waals surface area contributed by atoms with Crippen molar-refractivity contribution in [1.82, 2.24) is 15.3 Å². The van der Waals surface area contributed by atoms with Gasteiger partial charge in [0.25, 0.3) is 0 Å². The van der Waals surface area contributed by atoms with E-state index in [1.165, 1.54) is 0 Å². The smallest absolute Gasteiger partial charge is 0.222 e. The molecule has 0 amide bonds. The number of rotatable bonds is 4. The van der Waals surface area contributed by atoms with E-state index in [0.717, 1.165) is 38.4 Å². The summed E-state index contributed by atoms with van der Waals surface area (Å²) in [6.45, 7) is 5.40. The number of aromatic nitrogens is 2. The van der Waals surface area contributed by atoms with Gasteiger partial charge in [-0.05, 0) is 19.4 Å². The molecule has 1 atom stereocenters. The first-order valence-electron chi connectivity index (χ1n) is 5.69. The van der Waals surface area contributed by atoms with Crippen LogP contribution in [0.3, 0.4) is 0 Å². The highest BCUT2D eigenvalue weighted by molar-refractivity contribution is 5.24. The highest BCUT2D eigenvalue weighted by Crippen LogP contribution is 2.01. The molecule has 1 saturated heterocycles. The van der Waals surface area contributed by atoms with Crippen LogP contribution in [0.4, 0.5) is 5.95 Å². The average molecular weight is 222 g/mol. The first kappa shape index (κ1) is 11.3. The van der Waals surface area contributed by atoms with Gasteiger partial charge < -0.3 is 15.4 Å². The minimum Gasteiger partial charge on any atom is -0.379 e. The van der Waals surface area contributed by atoms with Crippen molar-refractivity contribution in [3.8, 4) is 0 Å². The second-order valence-electron chi connectivity index (χ2n) is 3.96. The highest BCUT2D eigenvalue weighted by Gasteiger charge is 2.11. The number of ether oxygens (including phenoxy) is 1. The Kier molecular flexibility index (Phi) is 4.07. The second-order valence-corrected chi connectivity index (χ2v) is 3.96. The SMILES string of the molecule is Cc1ccnc(NCCC2COCCN2)n1. The van der Waals surface area contributed by atoms with Gasteiger partial charge in [0.15, 0.2) is 0 Å². The molecule has 2 N–H and O–H groups in total. The van der Waals surface area contributed by atoms with E-state index < -0.39 is 0 Å². The van der Waals surface area contributed by atoms with Crippen molar-refractivity contribution < 1.29 is 4.74 Å². The summed E-state index contributed by atoms with van der Waals surface area (Å²) >= 11 is 0. The van der Waals surface area contributed by atoms with Crippen LogP contribution in [0.5, 0.6) is 0 Å². The van der Waals surface area contributed by atoms with E-state index in [2.05, 4.69) is 20.6 Å². The molecule has 1 aromatic heterocycles. The molecule has 0 bridgehead atoms. The predicted octanol–water partition coefficient (Wildman–Crippen LogP) is 0.575. The van der Waals surface area contributed by atoms with Crippen LogP contribution in [0.15, 0.2) is 12.3 Å². The molecule has 1 aliphatic heterocycles. The summed E-state index contributed by atoms with van der Waals surface area (Å²) in [6.07, 6.45) is 2.80. The highest BCUT2D eigenvalue weighted by atomic mass is 16.5. The van der Waals surface area contributed by atoms with Gasteiger partial charge in [-0.1, -0.05) is 0 Å². The number of aryl methyl sites for hydroxylation is 1. The Morgan fingerprint density at radius 1 is 1.62 bits per heavy atom. The molecule has 88 valence electrons. The monoisotopic (exact) mass is 222 g/mol. The Hall–Kier alpha value is -1.20. The van der Waals surface area contributed by atoms with Gasteiger partial charge in [-0.25, -0.2) is 9.97 Å². The molecule has 1 aromatic rings. The molecule has 1 fully saturated rings. The normalized spacial score (nSPS) is 20.7. The summed E-state index contributed by atoms with van der Waals surface area (Å²) in [5, 5.41) is 6.63. The zero-order chi connectivity index (χ0) is 11.2. The van der Waals surface area contributed by atoms with Crippen molar-refractivity contribution in [3.63, 3.8) is 0 Å². The van der Waals surface area contributed by atoms with E-state index in [-0.39, 0.29) is 0 Å². The van der Waals surface area contributed by atoms with E-state index in [4.69, 9.17) is 4.74 Å². The number of morpholine rings is 1. The fourth-order valence-corrected chi connectivity index (χ4v) is 1.70. The largest absolute Gasteiger partial charge is 0.379 e.